The summed E-state index contributed by atoms with van der Waals surface area (Å²) >= 11 is 5.64. The molecule has 2 unspecified atom stereocenters. The van der Waals surface area contributed by atoms with Crippen LogP contribution in [-0.4, -0.2) is 37.8 Å². The Hall–Kier alpha value is -2.70. The first-order chi connectivity index (χ1) is 14.4. The quantitative estimate of drug-likeness (QED) is 0.610. The molecule has 1 aliphatic heterocycles. The number of hydrogen-bond acceptors (Lipinski definition) is 3. The highest BCUT2D eigenvalue weighted by Crippen LogP contribution is 2.41. The van der Waals surface area contributed by atoms with Crippen molar-refractivity contribution in [1.82, 2.24) is 19.8 Å². The molecule has 3 heterocycles. The van der Waals surface area contributed by atoms with E-state index in [9.17, 15) is 5.11 Å². The third kappa shape index (κ3) is 3.50. The molecule has 0 aliphatic carbocycles. The average molecular weight is 421 g/mol. The Kier molecular flexibility index (Phi) is 5.62. The van der Waals surface area contributed by atoms with E-state index in [4.69, 9.17) is 12.2 Å². The van der Waals surface area contributed by atoms with Gasteiger partial charge in [0.05, 0.1) is 24.4 Å². The van der Waals surface area contributed by atoms with Crippen LogP contribution in [0.5, 0.6) is 0 Å². The summed E-state index contributed by atoms with van der Waals surface area (Å²) in [6.45, 7) is 9.10. The van der Waals surface area contributed by atoms with Crippen LogP contribution in [0.2, 0.25) is 0 Å². The lowest BCUT2D eigenvalue weighted by molar-refractivity contribution is 0.223. The van der Waals surface area contributed by atoms with Crippen LogP contribution < -0.4 is 5.32 Å². The third-order valence-corrected chi connectivity index (χ3v) is 6.29. The summed E-state index contributed by atoms with van der Waals surface area (Å²) in [5.74, 6) is 0. The Morgan fingerprint density at radius 2 is 1.90 bits per heavy atom. The number of β-amino-alcohol motifs (C(OH)–C–C–N with tert-alkyl or cyclic N) is 1. The maximum absolute atomic E-state index is 9.69. The number of pyridine rings is 1. The topological polar surface area (TPSA) is 53.3 Å². The van der Waals surface area contributed by atoms with Gasteiger partial charge in [0.2, 0.25) is 0 Å². The van der Waals surface area contributed by atoms with Gasteiger partial charge in [-0.1, -0.05) is 18.2 Å². The fourth-order valence-corrected chi connectivity index (χ4v) is 4.84. The molecule has 6 heteroatoms. The number of hydrogen-bond donors (Lipinski definition) is 2. The first kappa shape index (κ1) is 20.6. The van der Waals surface area contributed by atoms with Crippen LogP contribution in [0.1, 0.15) is 45.9 Å². The number of aryl methyl sites for hydroxylation is 3. The van der Waals surface area contributed by atoms with Gasteiger partial charge in [-0.05, 0) is 80.9 Å². The minimum Gasteiger partial charge on any atom is -0.395 e. The van der Waals surface area contributed by atoms with Gasteiger partial charge in [0.25, 0.3) is 0 Å². The fraction of sp³-hybridized carbons (Fsp3) is 0.333. The predicted octanol–water partition coefficient (Wildman–Crippen LogP) is 4.07. The van der Waals surface area contributed by atoms with E-state index >= 15 is 0 Å². The standard InChI is InChI=1S/C24H28N4OS/c1-15-8-9-16(2)21(13-15)28-17(3)14-19(18(28)4)23-22(20-7-5-6-10-25-20)26-24(30)27(23)11-12-29/h5-10,13-14,22-23,29H,11-12H2,1-4H3,(H,26,30). The minimum absolute atomic E-state index is 0.0374. The molecule has 0 spiro atoms. The number of rotatable bonds is 5. The van der Waals surface area contributed by atoms with Crippen molar-refractivity contribution < 1.29 is 5.11 Å². The Labute approximate surface area is 183 Å². The van der Waals surface area contributed by atoms with Crippen LogP contribution in [0.25, 0.3) is 5.69 Å². The molecule has 2 N–H and O–H groups in total. The first-order valence-electron chi connectivity index (χ1n) is 10.3. The molecule has 156 valence electrons. The molecule has 1 aromatic carbocycles. The fourth-order valence-electron chi connectivity index (χ4n) is 4.51. The Morgan fingerprint density at radius 3 is 2.60 bits per heavy atom. The number of benzene rings is 1. The molecule has 1 aliphatic rings. The van der Waals surface area contributed by atoms with Gasteiger partial charge < -0.3 is 19.9 Å². The Morgan fingerprint density at radius 1 is 1.10 bits per heavy atom. The summed E-state index contributed by atoms with van der Waals surface area (Å²) in [6.07, 6.45) is 1.81. The molecular weight excluding hydrogens is 392 g/mol. The number of nitrogens with zero attached hydrogens (tertiary/aromatic N) is 3. The van der Waals surface area contributed by atoms with Crippen LogP contribution in [0, 0.1) is 27.7 Å². The van der Waals surface area contributed by atoms with Gasteiger partial charge in [0.1, 0.15) is 0 Å². The zero-order valence-corrected chi connectivity index (χ0v) is 18.7. The largest absolute Gasteiger partial charge is 0.395 e. The van der Waals surface area contributed by atoms with Crippen LogP contribution in [-0.2, 0) is 0 Å². The van der Waals surface area contributed by atoms with Crippen molar-refractivity contribution in [2.75, 3.05) is 13.2 Å². The van der Waals surface area contributed by atoms with Crippen LogP contribution in [0.4, 0.5) is 0 Å². The second-order valence-corrected chi connectivity index (χ2v) is 8.38. The lowest BCUT2D eigenvalue weighted by Crippen LogP contribution is -2.32. The van der Waals surface area contributed by atoms with Crippen molar-refractivity contribution >= 4 is 17.3 Å². The van der Waals surface area contributed by atoms with Crippen molar-refractivity contribution in [3.8, 4) is 5.69 Å². The molecule has 5 nitrogen and oxygen atoms in total. The molecule has 1 fully saturated rings. The van der Waals surface area contributed by atoms with Gasteiger partial charge in [0.15, 0.2) is 5.11 Å². The maximum Gasteiger partial charge on any atom is 0.170 e. The molecule has 30 heavy (non-hydrogen) atoms. The van der Waals surface area contributed by atoms with Gasteiger partial charge in [-0.2, -0.15) is 0 Å². The van der Waals surface area contributed by atoms with Crippen LogP contribution in [0.3, 0.4) is 0 Å². The Balaban J connectivity index is 1.86. The molecule has 0 saturated carbocycles. The second kappa shape index (κ2) is 8.20. The molecular formula is C24H28N4OS. The summed E-state index contributed by atoms with van der Waals surface area (Å²) in [6, 6.07) is 14.6. The number of aliphatic hydroxyl groups excluding tert-OH is 1. The third-order valence-electron chi connectivity index (χ3n) is 5.93. The van der Waals surface area contributed by atoms with E-state index in [1.807, 2.05) is 24.4 Å². The summed E-state index contributed by atoms with van der Waals surface area (Å²) in [7, 11) is 0. The molecule has 2 aromatic heterocycles. The number of aliphatic hydroxyl groups is 1. The van der Waals surface area contributed by atoms with E-state index in [1.165, 1.54) is 33.8 Å². The maximum atomic E-state index is 9.69. The van der Waals surface area contributed by atoms with Crippen molar-refractivity contribution in [2.45, 2.75) is 39.8 Å². The van der Waals surface area contributed by atoms with Crippen LogP contribution in [0.15, 0.2) is 48.7 Å². The monoisotopic (exact) mass is 420 g/mol. The molecule has 0 amide bonds. The zero-order chi connectivity index (χ0) is 21.4. The highest BCUT2D eigenvalue weighted by Gasteiger charge is 2.41. The molecule has 3 aromatic rings. The lowest BCUT2D eigenvalue weighted by atomic mass is 9.97. The van der Waals surface area contributed by atoms with Gasteiger partial charge >= 0.3 is 0 Å². The summed E-state index contributed by atoms with van der Waals surface area (Å²) in [4.78, 5) is 6.68. The number of thiocarbonyl (C=S) groups is 1. The van der Waals surface area contributed by atoms with Crippen molar-refractivity contribution in [1.29, 1.82) is 0 Å². The molecule has 1 saturated heterocycles. The van der Waals surface area contributed by atoms with Crippen LogP contribution >= 0.6 is 12.2 Å². The van der Waals surface area contributed by atoms with Gasteiger partial charge in [-0.25, -0.2) is 0 Å². The predicted molar refractivity (Wildman–Crippen MR) is 124 cm³/mol. The van der Waals surface area contributed by atoms with E-state index in [2.05, 4.69) is 71.7 Å². The van der Waals surface area contributed by atoms with E-state index in [-0.39, 0.29) is 18.7 Å². The van der Waals surface area contributed by atoms with Crippen molar-refractivity contribution in [2.24, 2.45) is 0 Å². The zero-order valence-electron chi connectivity index (χ0n) is 17.9. The molecule has 4 rings (SSSR count). The number of nitrogens with one attached hydrogen (secondary N) is 1. The van der Waals surface area contributed by atoms with Crippen molar-refractivity contribution in [3.05, 3.63) is 82.4 Å². The minimum atomic E-state index is -0.0715. The van der Waals surface area contributed by atoms with Gasteiger partial charge in [-0.15, -0.1) is 0 Å². The normalized spacial score (nSPS) is 18.7. The first-order valence-corrected chi connectivity index (χ1v) is 10.7. The highest BCUT2D eigenvalue weighted by atomic mass is 32.1. The number of aromatic nitrogens is 2. The van der Waals surface area contributed by atoms with Gasteiger partial charge in [0, 0.05) is 29.8 Å². The molecule has 0 radical (unpaired) electrons. The Bertz CT molecular complexity index is 1080. The van der Waals surface area contributed by atoms with E-state index in [0.29, 0.717) is 11.7 Å². The van der Waals surface area contributed by atoms with Crippen molar-refractivity contribution in [3.63, 3.8) is 0 Å². The molecule has 0 bridgehead atoms. The molecule has 2 atom stereocenters. The smallest absolute Gasteiger partial charge is 0.170 e. The summed E-state index contributed by atoms with van der Waals surface area (Å²) in [5.41, 5.74) is 8.18. The average Bonchev–Trinajstić information content (AvgIpc) is 3.21. The highest BCUT2D eigenvalue weighted by molar-refractivity contribution is 7.80. The van der Waals surface area contributed by atoms with E-state index in [1.54, 1.807) is 0 Å². The van der Waals surface area contributed by atoms with E-state index in [0.717, 1.165) is 5.69 Å². The summed E-state index contributed by atoms with van der Waals surface area (Å²) in [5, 5.41) is 13.8. The summed E-state index contributed by atoms with van der Waals surface area (Å²) < 4.78 is 2.33. The van der Waals surface area contributed by atoms with E-state index < -0.39 is 0 Å². The second-order valence-electron chi connectivity index (χ2n) is 8.00. The van der Waals surface area contributed by atoms with Gasteiger partial charge in [-0.3, -0.25) is 4.98 Å². The lowest BCUT2D eigenvalue weighted by Gasteiger charge is -2.27. The SMILES string of the molecule is Cc1ccc(C)c(-n2c(C)cc(C3C(c4ccccn4)NC(=S)N3CCO)c2C)c1.